The molecule has 11 nitrogen and oxygen atoms in total. The number of rotatable bonds is 5. The topological polar surface area (TPSA) is 157 Å². The number of nitro groups is 1. The number of benzene rings is 2. The Kier molecular flexibility index (Phi) is 6.07. The van der Waals surface area contributed by atoms with Crippen LogP contribution in [0.15, 0.2) is 63.5 Å². The zero-order valence-corrected chi connectivity index (χ0v) is 18.1. The highest BCUT2D eigenvalue weighted by atomic mass is 32.2. The van der Waals surface area contributed by atoms with E-state index in [4.69, 9.17) is 0 Å². The number of hydrogen-bond donors (Lipinski definition) is 2. The molecule has 0 atom stereocenters. The summed E-state index contributed by atoms with van der Waals surface area (Å²) in [5.74, 6) is -0.779. The first kappa shape index (κ1) is 22.6. The summed E-state index contributed by atoms with van der Waals surface area (Å²) >= 11 is 0. The summed E-state index contributed by atoms with van der Waals surface area (Å²) in [5, 5.41) is 31.3. The number of amides is 1. The van der Waals surface area contributed by atoms with Gasteiger partial charge in [-0.1, -0.05) is 28.9 Å². The largest absolute Gasteiger partial charge is 0.409 e. The highest BCUT2D eigenvalue weighted by molar-refractivity contribution is 7.91. The lowest BCUT2D eigenvalue weighted by atomic mass is 10.2. The van der Waals surface area contributed by atoms with Crippen molar-refractivity contribution in [1.29, 1.82) is 0 Å². The molecule has 2 aromatic carbocycles. The minimum Gasteiger partial charge on any atom is -0.409 e. The molecule has 3 aromatic rings. The molecule has 0 saturated carbocycles. The Morgan fingerprint density at radius 3 is 2.41 bits per heavy atom. The summed E-state index contributed by atoms with van der Waals surface area (Å²) < 4.78 is 27.9. The Bertz CT molecular complexity index is 1340. The van der Waals surface area contributed by atoms with Crippen LogP contribution in [0.1, 0.15) is 23.7 Å². The van der Waals surface area contributed by atoms with Crippen molar-refractivity contribution in [3.05, 3.63) is 75.5 Å². The number of hydrogen-bond acceptors (Lipinski definition) is 8. The fraction of sp³-hybridized carbons (Fsp3) is 0.150. The third-order valence-corrected chi connectivity index (χ3v) is 6.32. The van der Waals surface area contributed by atoms with Crippen LogP contribution in [0.3, 0.4) is 0 Å². The van der Waals surface area contributed by atoms with E-state index in [-0.39, 0.29) is 16.3 Å². The van der Waals surface area contributed by atoms with Crippen molar-refractivity contribution < 1.29 is 23.3 Å². The number of aryl methyl sites for hydroxylation is 2. The standard InChI is InChI=1S/C20H19N5O6S/c1-12-7-9-15(10-8-12)32(30,31)19-16(5-4-6-17(19)25(28)29)20(23-27)24-18(21-14(3)26)11-13(2)22-24/h4-11,27H,1-3H3,(H,21,26). The van der Waals surface area contributed by atoms with Crippen LogP contribution in [0.2, 0.25) is 0 Å². The first-order valence-corrected chi connectivity index (χ1v) is 10.7. The molecule has 0 aliphatic carbocycles. The van der Waals surface area contributed by atoms with Gasteiger partial charge < -0.3 is 10.5 Å². The lowest BCUT2D eigenvalue weighted by molar-refractivity contribution is -0.387. The van der Waals surface area contributed by atoms with Crippen LogP contribution in [0.4, 0.5) is 11.5 Å². The molecule has 3 rings (SSSR count). The zero-order chi connectivity index (χ0) is 23.6. The predicted octanol–water partition coefficient (Wildman–Crippen LogP) is 2.88. The monoisotopic (exact) mass is 457 g/mol. The number of sulfone groups is 1. The van der Waals surface area contributed by atoms with E-state index in [1.807, 2.05) is 0 Å². The first-order valence-electron chi connectivity index (χ1n) is 9.22. The Morgan fingerprint density at radius 2 is 1.84 bits per heavy atom. The molecule has 0 aliphatic heterocycles. The molecule has 166 valence electrons. The van der Waals surface area contributed by atoms with E-state index in [2.05, 4.69) is 15.6 Å². The van der Waals surface area contributed by atoms with Crippen molar-refractivity contribution in [1.82, 2.24) is 9.78 Å². The average Bonchev–Trinajstić information content (AvgIpc) is 3.07. The SMILES string of the molecule is CC(=O)Nc1cc(C)nn1C(=NO)c1cccc([N+](=O)[O-])c1S(=O)(=O)c1ccc(C)cc1. The Hall–Kier alpha value is -4.06. The van der Waals surface area contributed by atoms with Crippen LogP contribution in [-0.2, 0) is 14.6 Å². The molecule has 0 spiro atoms. The number of carbonyl (C=O) groups excluding carboxylic acids is 1. The van der Waals surface area contributed by atoms with Gasteiger partial charge in [-0.3, -0.25) is 14.9 Å². The lowest BCUT2D eigenvalue weighted by Gasteiger charge is -2.14. The third-order valence-electron chi connectivity index (χ3n) is 4.46. The summed E-state index contributed by atoms with van der Waals surface area (Å²) in [5.41, 5.74) is 0.255. The molecule has 0 saturated heterocycles. The predicted molar refractivity (Wildman–Crippen MR) is 115 cm³/mol. The maximum Gasteiger partial charge on any atom is 0.289 e. The van der Waals surface area contributed by atoms with Crippen LogP contribution in [0, 0.1) is 24.0 Å². The molecule has 32 heavy (non-hydrogen) atoms. The van der Waals surface area contributed by atoms with E-state index in [1.54, 1.807) is 26.0 Å². The average molecular weight is 457 g/mol. The molecule has 2 N–H and O–H groups in total. The van der Waals surface area contributed by atoms with E-state index in [0.29, 0.717) is 5.69 Å². The second kappa shape index (κ2) is 8.59. The highest BCUT2D eigenvalue weighted by Gasteiger charge is 2.34. The maximum atomic E-state index is 13.5. The minimum absolute atomic E-state index is 0.0907. The maximum absolute atomic E-state index is 13.5. The molecule has 1 aromatic heterocycles. The zero-order valence-electron chi connectivity index (χ0n) is 17.3. The summed E-state index contributed by atoms with van der Waals surface area (Å²) in [7, 11) is -4.42. The Balaban J connectivity index is 2.33. The van der Waals surface area contributed by atoms with Gasteiger partial charge in [0, 0.05) is 24.6 Å². The van der Waals surface area contributed by atoms with Gasteiger partial charge in [0.25, 0.3) is 5.69 Å². The first-order chi connectivity index (χ1) is 15.1. The second-order valence-corrected chi connectivity index (χ2v) is 8.80. The van der Waals surface area contributed by atoms with Gasteiger partial charge in [-0.25, -0.2) is 8.42 Å². The summed E-state index contributed by atoms with van der Waals surface area (Å²) in [6.07, 6.45) is 0. The van der Waals surface area contributed by atoms with Crippen LogP contribution < -0.4 is 5.32 Å². The normalized spacial score (nSPS) is 11.9. The van der Waals surface area contributed by atoms with Crippen LogP contribution >= 0.6 is 0 Å². The molecule has 0 bridgehead atoms. The van der Waals surface area contributed by atoms with Crippen molar-refractivity contribution in [3.63, 3.8) is 0 Å². The van der Waals surface area contributed by atoms with Gasteiger partial charge in [0.2, 0.25) is 21.6 Å². The van der Waals surface area contributed by atoms with Crippen molar-refractivity contribution in [2.24, 2.45) is 5.16 Å². The molecule has 1 heterocycles. The Morgan fingerprint density at radius 1 is 1.19 bits per heavy atom. The Labute approximate surface area is 183 Å². The number of nitrogens with one attached hydrogen (secondary N) is 1. The highest BCUT2D eigenvalue weighted by Crippen LogP contribution is 2.33. The number of oxime groups is 1. The summed E-state index contributed by atoms with van der Waals surface area (Å²) in [6, 6.07) is 10.8. The van der Waals surface area contributed by atoms with E-state index in [9.17, 15) is 28.5 Å². The van der Waals surface area contributed by atoms with Gasteiger partial charge in [0.1, 0.15) is 5.82 Å². The molecular weight excluding hydrogens is 438 g/mol. The molecular formula is C20H19N5O6S. The number of aromatic nitrogens is 2. The smallest absolute Gasteiger partial charge is 0.289 e. The lowest BCUT2D eigenvalue weighted by Crippen LogP contribution is -2.23. The van der Waals surface area contributed by atoms with Crippen LogP contribution in [-0.4, -0.2) is 40.1 Å². The van der Waals surface area contributed by atoms with Crippen LogP contribution in [0.25, 0.3) is 0 Å². The second-order valence-electron chi connectivity index (χ2n) is 6.91. The van der Waals surface area contributed by atoms with Crippen molar-refractivity contribution in [2.45, 2.75) is 30.6 Å². The van der Waals surface area contributed by atoms with E-state index < -0.39 is 37.1 Å². The van der Waals surface area contributed by atoms with Crippen molar-refractivity contribution in [3.8, 4) is 0 Å². The minimum atomic E-state index is -4.42. The summed E-state index contributed by atoms with van der Waals surface area (Å²) in [4.78, 5) is 21.6. The van der Waals surface area contributed by atoms with Gasteiger partial charge in [0.05, 0.1) is 15.5 Å². The molecule has 0 unspecified atom stereocenters. The van der Waals surface area contributed by atoms with Gasteiger partial charge in [-0.05, 0) is 32.0 Å². The molecule has 0 radical (unpaired) electrons. The van der Waals surface area contributed by atoms with Gasteiger partial charge in [-0.2, -0.15) is 9.78 Å². The van der Waals surface area contributed by atoms with E-state index in [1.165, 1.54) is 37.3 Å². The number of carbonyl (C=O) groups is 1. The number of nitro benzene ring substituents is 1. The summed E-state index contributed by atoms with van der Waals surface area (Å²) in [6.45, 7) is 4.63. The third kappa shape index (κ3) is 4.21. The molecule has 12 heteroatoms. The number of nitrogens with zero attached hydrogens (tertiary/aromatic N) is 4. The molecule has 1 amide bonds. The fourth-order valence-electron chi connectivity index (χ4n) is 3.10. The van der Waals surface area contributed by atoms with Gasteiger partial charge >= 0.3 is 0 Å². The quantitative estimate of drug-likeness (QED) is 0.196. The fourth-order valence-corrected chi connectivity index (χ4v) is 4.70. The van der Waals surface area contributed by atoms with Crippen molar-refractivity contribution in [2.75, 3.05) is 5.32 Å². The van der Waals surface area contributed by atoms with E-state index >= 15 is 0 Å². The molecule has 0 aliphatic rings. The van der Waals surface area contributed by atoms with E-state index in [0.717, 1.165) is 16.3 Å². The van der Waals surface area contributed by atoms with Gasteiger partial charge in [0.15, 0.2) is 4.90 Å². The van der Waals surface area contributed by atoms with Gasteiger partial charge in [-0.15, -0.1) is 0 Å². The van der Waals surface area contributed by atoms with Crippen molar-refractivity contribution >= 4 is 33.1 Å². The molecule has 0 fully saturated rings. The van der Waals surface area contributed by atoms with Crippen LogP contribution in [0.5, 0.6) is 0 Å². The number of anilines is 1.